The molecule has 166 valence electrons. The highest BCUT2D eigenvalue weighted by atomic mass is 19.4. The number of hydrogen-bond donors (Lipinski definition) is 1. The minimum absolute atomic E-state index is 0.0203. The summed E-state index contributed by atoms with van der Waals surface area (Å²) in [7, 11) is 0. The maximum Gasteiger partial charge on any atom is 0.416 e. The Balaban J connectivity index is 1.94. The van der Waals surface area contributed by atoms with Crippen LogP contribution in [0.5, 0.6) is 5.75 Å². The summed E-state index contributed by atoms with van der Waals surface area (Å²) in [6, 6.07) is 14.2. The van der Waals surface area contributed by atoms with Crippen molar-refractivity contribution >= 4 is 22.8 Å². The fourth-order valence-corrected chi connectivity index (χ4v) is 3.17. The molecule has 0 aliphatic carbocycles. The highest BCUT2D eigenvalue weighted by Gasteiger charge is 2.31. The first-order chi connectivity index (χ1) is 15.7. The Hall–Kier alpha value is -4.54. The third-order valence-corrected chi connectivity index (χ3v) is 4.76. The molecule has 8 nitrogen and oxygen atoms in total. The van der Waals surface area contributed by atoms with Crippen LogP contribution in [0.25, 0.3) is 22.3 Å². The zero-order chi connectivity index (χ0) is 23.8. The number of phenols is 1. The molecule has 1 heterocycles. The SMILES string of the molecule is O=c1c2ccccc2nc(-c2cccc(C(F)(F)F)c2)n1N=Cc1cccc([N+](=O)[O-])c1O. The van der Waals surface area contributed by atoms with E-state index in [9.17, 15) is 33.2 Å². The number of halogens is 3. The van der Waals surface area contributed by atoms with Gasteiger partial charge in [0.05, 0.1) is 27.6 Å². The van der Waals surface area contributed by atoms with Gasteiger partial charge >= 0.3 is 11.9 Å². The molecule has 1 aromatic heterocycles. The average molecular weight is 454 g/mol. The Morgan fingerprint density at radius 2 is 1.79 bits per heavy atom. The van der Waals surface area contributed by atoms with E-state index in [-0.39, 0.29) is 27.9 Å². The van der Waals surface area contributed by atoms with Gasteiger partial charge in [0.2, 0.25) is 5.75 Å². The molecule has 4 aromatic rings. The first kappa shape index (κ1) is 21.7. The maximum absolute atomic E-state index is 13.2. The normalized spacial score (nSPS) is 11.8. The van der Waals surface area contributed by atoms with Crippen LogP contribution in [0.15, 0.2) is 76.6 Å². The predicted molar refractivity (Wildman–Crippen MR) is 114 cm³/mol. The van der Waals surface area contributed by atoms with Gasteiger partial charge in [0, 0.05) is 17.2 Å². The van der Waals surface area contributed by atoms with Crippen molar-refractivity contribution in [2.75, 3.05) is 0 Å². The van der Waals surface area contributed by atoms with Crippen LogP contribution in [-0.2, 0) is 6.18 Å². The zero-order valence-corrected chi connectivity index (χ0v) is 16.5. The second-order valence-electron chi connectivity index (χ2n) is 6.86. The monoisotopic (exact) mass is 454 g/mol. The number of rotatable bonds is 4. The average Bonchev–Trinajstić information content (AvgIpc) is 2.78. The molecule has 33 heavy (non-hydrogen) atoms. The molecule has 0 saturated heterocycles. The Bertz CT molecular complexity index is 1480. The van der Waals surface area contributed by atoms with Crippen molar-refractivity contribution in [3.63, 3.8) is 0 Å². The molecule has 0 radical (unpaired) electrons. The van der Waals surface area contributed by atoms with Crippen LogP contribution in [0, 0.1) is 10.1 Å². The van der Waals surface area contributed by atoms with Crippen molar-refractivity contribution in [2.24, 2.45) is 5.10 Å². The first-order valence-corrected chi connectivity index (χ1v) is 9.37. The summed E-state index contributed by atoms with van der Waals surface area (Å²) in [5, 5.41) is 25.3. The van der Waals surface area contributed by atoms with Gasteiger partial charge in [0.15, 0.2) is 5.82 Å². The van der Waals surface area contributed by atoms with Gasteiger partial charge in [-0.25, -0.2) is 4.98 Å². The molecule has 1 N–H and O–H groups in total. The quantitative estimate of drug-likeness (QED) is 0.276. The van der Waals surface area contributed by atoms with Crippen LogP contribution in [-0.4, -0.2) is 25.9 Å². The summed E-state index contributed by atoms with van der Waals surface area (Å²) in [6.45, 7) is 0. The molecule has 0 unspecified atom stereocenters. The smallest absolute Gasteiger partial charge is 0.416 e. The number of phenolic OH excluding ortho intramolecular Hbond substituents is 1. The Morgan fingerprint density at radius 3 is 2.52 bits per heavy atom. The van der Waals surface area contributed by atoms with Crippen LogP contribution in [0.1, 0.15) is 11.1 Å². The second-order valence-corrected chi connectivity index (χ2v) is 6.86. The lowest BCUT2D eigenvalue weighted by Gasteiger charge is -2.12. The molecule has 0 spiro atoms. The van der Waals surface area contributed by atoms with Crippen LogP contribution in [0.2, 0.25) is 0 Å². The molecule has 11 heteroatoms. The summed E-state index contributed by atoms with van der Waals surface area (Å²) >= 11 is 0. The summed E-state index contributed by atoms with van der Waals surface area (Å²) in [4.78, 5) is 27.7. The van der Waals surface area contributed by atoms with Crippen LogP contribution < -0.4 is 5.56 Å². The first-order valence-electron chi connectivity index (χ1n) is 9.37. The third-order valence-electron chi connectivity index (χ3n) is 4.76. The number of hydrogen-bond acceptors (Lipinski definition) is 6. The molecule has 0 saturated carbocycles. The molecular formula is C22H13F3N4O4. The van der Waals surface area contributed by atoms with E-state index in [1.54, 1.807) is 12.1 Å². The van der Waals surface area contributed by atoms with Gasteiger partial charge in [-0.1, -0.05) is 30.3 Å². The number of nitro groups is 1. The number of nitro benzene ring substituents is 1. The van der Waals surface area contributed by atoms with Gasteiger partial charge in [0.25, 0.3) is 5.56 Å². The van der Waals surface area contributed by atoms with Crippen LogP contribution in [0.4, 0.5) is 18.9 Å². The van der Waals surface area contributed by atoms with Crippen molar-refractivity contribution < 1.29 is 23.2 Å². The summed E-state index contributed by atoms with van der Waals surface area (Å²) < 4.78 is 40.5. The summed E-state index contributed by atoms with van der Waals surface area (Å²) in [5.41, 5.74) is -2.02. The number of nitrogens with zero attached hydrogens (tertiary/aromatic N) is 4. The fourth-order valence-electron chi connectivity index (χ4n) is 3.17. The molecule has 0 aliphatic rings. The number of benzene rings is 3. The lowest BCUT2D eigenvalue weighted by molar-refractivity contribution is -0.385. The van der Waals surface area contributed by atoms with E-state index < -0.39 is 33.7 Å². The third kappa shape index (κ3) is 4.15. The molecule has 0 bridgehead atoms. The molecule has 0 aliphatic heterocycles. The summed E-state index contributed by atoms with van der Waals surface area (Å²) in [6.07, 6.45) is -3.62. The lowest BCUT2D eigenvalue weighted by atomic mass is 10.1. The largest absolute Gasteiger partial charge is 0.502 e. The molecule has 0 amide bonds. The molecule has 3 aromatic carbocycles. The minimum atomic E-state index is -4.62. The Morgan fingerprint density at radius 1 is 1.06 bits per heavy atom. The molecule has 4 rings (SSSR count). The van der Waals surface area contributed by atoms with Crippen molar-refractivity contribution in [1.29, 1.82) is 0 Å². The second kappa shape index (κ2) is 8.19. The zero-order valence-electron chi connectivity index (χ0n) is 16.5. The maximum atomic E-state index is 13.2. The van der Waals surface area contributed by atoms with Crippen molar-refractivity contribution in [2.45, 2.75) is 6.18 Å². The van der Waals surface area contributed by atoms with E-state index in [0.717, 1.165) is 29.1 Å². The lowest BCUT2D eigenvalue weighted by Crippen LogP contribution is -2.20. The van der Waals surface area contributed by atoms with Gasteiger partial charge in [-0.3, -0.25) is 14.9 Å². The van der Waals surface area contributed by atoms with Crippen LogP contribution >= 0.6 is 0 Å². The van der Waals surface area contributed by atoms with Gasteiger partial charge in [0.1, 0.15) is 0 Å². The van der Waals surface area contributed by atoms with E-state index in [4.69, 9.17) is 0 Å². The van der Waals surface area contributed by atoms with Gasteiger partial charge in [-0.2, -0.15) is 22.9 Å². The summed E-state index contributed by atoms with van der Waals surface area (Å²) in [5.74, 6) is -0.848. The van der Waals surface area contributed by atoms with Crippen molar-refractivity contribution in [1.82, 2.24) is 9.66 Å². The number of aromatic nitrogens is 2. The topological polar surface area (TPSA) is 111 Å². The van der Waals surface area contributed by atoms with E-state index in [1.165, 1.54) is 36.4 Å². The van der Waals surface area contributed by atoms with Crippen molar-refractivity contribution in [3.05, 3.63) is 98.3 Å². The van der Waals surface area contributed by atoms with Gasteiger partial charge < -0.3 is 5.11 Å². The number of fused-ring (bicyclic) bond motifs is 1. The highest BCUT2D eigenvalue weighted by molar-refractivity contribution is 5.86. The van der Waals surface area contributed by atoms with Crippen molar-refractivity contribution in [3.8, 4) is 17.1 Å². The molecule has 0 atom stereocenters. The minimum Gasteiger partial charge on any atom is -0.502 e. The standard InChI is InChI=1S/C22H13F3N4O4/c23-22(24,25)15-7-3-5-13(11-15)20-27-17-9-2-1-8-16(17)21(31)28(20)26-12-14-6-4-10-18(19(14)30)29(32)33/h1-12,30H. The van der Waals surface area contributed by atoms with Gasteiger partial charge in [-0.05, 0) is 30.3 Å². The predicted octanol–water partition coefficient (Wildman–Crippen LogP) is 4.58. The van der Waals surface area contributed by atoms with Gasteiger partial charge in [-0.15, -0.1) is 0 Å². The van der Waals surface area contributed by atoms with E-state index >= 15 is 0 Å². The fraction of sp³-hybridized carbons (Fsp3) is 0.0455. The molecular weight excluding hydrogens is 441 g/mol. The molecule has 0 fully saturated rings. The van der Waals surface area contributed by atoms with Crippen LogP contribution in [0.3, 0.4) is 0 Å². The number of para-hydroxylation sites is 2. The Kier molecular flexibility index (Phi) is 5.38. The van der Waals surface area contributed by atoms with E-state index in [2.05, 4.69) is 10.1 Å². The Labute approximate surface area is 183 Å². The number of aromatic hydroxyl groups is 1. The highest BCUT2D eigenvalue weighted by Crippen LogP contribution is 2.32. The number of alkyl halides is 3. The van der Waals surface area contributed by atoms with E-state index in [1.807, 2.05) is 0 Å². The van der Waals surface area contributed by atoms with E-state index in [0.29, 0.717) is 0 Å².